The molecule has 3 rings (SSSR count). The number of hydrogen-bond donors (Lipinski definition) is 1. The predicted molar refractivity (Wildman–Crippen MR) is 81.7 cm³/mol. The zero-order chi connectivity index (χ0) is 14.7. The van der Waals surface area contributed by atoms with Crippen LogP contribution in [0.1, 0.15) is 6.42 Å². The maximum atomic E-state index is 6.01. The van der Waals surface area contributed by atoms with E-state index in [0.29, 0.717) is 12.4 Å². The second-order valence-electron chi connectivity index (χ2n) is 4.79. The first-order chi connectivity index (χ1) is 10.3. The molecule has 0 unspecified atom stereocenters. The van der Waals surface area contributed by atoms with Gasteiger partial charge in [-0.05, 0) is 30.2 Å². The number of methoxy groups -OCH3 is 1. The van der Waals surface area contributed by atoms with Gasteiger partial charge in [0.2, 0.25) is 0 Å². The van der Waals surface area contributed by atoms with E-state index in [9.17, 15) is 0 Å². The van der Waals surface area contributed by atoms with Crippen molar-refractivity contribution in [1.29, 1.82) is 0 Å². The quantitative estimate of drug-likeness (QED) is 0.725. The van der Waals surface area contributed by atoms with Crippen molar-refractivity contribution in [3.8, 4) is 11.1 Å². The number of hydrogen-bond acceptors (Lipinski definition) is 5. The average molecular weight is 283 g/mol. The van der Waals surface area contributed by atoms with E-state index in [1.807, 2.05) is 29.1 Å². The molecule has 0 aromatic carbocycles. The number of aromatic nitrogens is 4. The Kier molecular flexibility index (Phi) is 3.79. The molecule has 3 aromatic heterocycles. The average Bonchev–Trinajstić information content (AvgIpc) is 2.84. The standard InChI is InChI=1S/C15H17N5O/c1-21-8-2-7-20-15-13(14(16)19-20)9-12(10-18-15)11-3-5-17-6-4-11/h3-6,9-10H,2,7-8H2,1H3,(H2,16,19). The van der Waals surface area contributed by atoms with Crippen LogP contribution in [0.4, 0.5) is 5.82 Å². The van der Waals surface area contributed by atoms with Crippen molar-refractivity contribution < 1.29 is 4.74 Å². The van der Waals surface area contributed by atoms with Gasteiger partial charge in [0.1, 0.15) is 0 Å². The third-order valence-electron chi connectivity index (χ3n) is 3.35. The van der Waals surface area contributed by atoms with Gasteiger partial charge in [0.05, 0.1) is 5.39 Å². The summed E-state index contributed by atoms with van der Waals surface area (Å²) >= 11 is 0. The van der Waals surface area contributed by atoms with E-state index in [0.717, 1.165) is 35.1 Å². The molecule has 2 N–H and O–H groups in total. The third-order valence-corrected chi connectivity index (χ3v) is 3.35. The molecule has 0 bridgehead atoms. The van der Waals surface area contributed by atoms with Gasteiger partial charge in [-0.25, -0.2) is 9.67 Å². The molecule has 0 radical (unpaired) electrons. The van der Waals surface area contributed by atoms with Crippen molar-refractivity contribution in [1.82, 2.24) is 19.7 Å². The van der Waals surface area contributed by atoms with Crippen LogP contribution in [-0.4, -0.2) is 33.5 Å². The van der Waals surface area contributed by atoms with Crippen LogP contribution in [0.5, 0.6) is 0 Å². The Bertz CT molecular complexity index is 738. The Balaban J connectivity index is 1.97. The molecule has 0 fully saturated rings. The highest BCUT2D eigenvalue weighted by Gasteiger charge is 2.10. The number of anilines is 1. The molecule has 0 spiro atoms. The lowest BCUT2D eigenvalue weighted by Crippen LogP contribution is -2.04. The van der Waals surface area contributed by atoms with E-state index in [1.165, 1.54) is 0 Å². The topological polar surface area (TPSA) is 78.9 Å². The lowest BCUT2D eigenvalue weighted by molar-refractivity contribution is 0.189. The van der Waals surface area contributed by atoms with Crippen LogP contribution in [0.15, 0.2) is 36.8 Å². The van der Waals surface area contributed by atoms with Crippen LogP contribution >= 0.6 is 0 Å². The minimum atomic E-state index is 0.505. The highest BCUT2D eigenvalue weighted by Crippen LogP contribution is 2.25. The summed E-state index contributed by atoms with van der Waals surface area (Å²) in [4.78, 5) is 8.54. The largest absolute Gasteiger partial charge is 0.385 e. The van der Waals surface area contributed by atoms with Crippen molar-refractivity contribution in [2.24, 2.45) is 0 Å². The van der Waals surface area contributed by atoms with Gasteiger partial charge < -0.3 is 10.5 Å². The molecular weight excluding hydrogens is 266 g/mol. The fraction of sp³-hybridized carbons (Fsp3) is 0.267. The van der Waals surface area contributed by atoms with Crippen molar-refractivity contribution in [2.75, 3.05) is 19.5 Å². The summed E-state index contributed by atoms with van der Waals surface area (Å²) in [6.45, 7) is 1.43. The van der Waals surface area contributed by atoms with Crippen LogP contribution in [0.3, 0.4) is 0 Å². The van der Waals surface area contributed by atoms with Gasteiger partial charge in [-0.2, -0.15) is 5.10 Å². The SMILES string of the molecule is COCCCn1nc(N)c2cc(-c3ccncc3)cnc21. The molecule has 0 amide bonds. The summed E-state index contributed by atoms with van der Waals surface area (Å²) in [7, 11) is 1.69. The van der Waals surface area contributed by atoms with Gasteiger partial charge in [0.15, 0.2) is 11.5 Å². The van der Waals surface area contributed by atoms with Crippen molar-refractivity contribution >= 4 is 16.9 Å². The van der Waals surface area contributed by atoms with Crippen LogP contribution in [0.2, 0.25) is 0 Å². The number of fused-ring (bicyclic) bond motifs is 1. The zero-order valence-electron chi connectivity index (χ0n) is 11.9. The Morgan fingerprint density at radius 3 is 2.81 bits per heavy atom. The van der Waals surface area contributed by atoms with Crippen molar-refractivity contribution in [2.45, 2.75) is 13.0 Å². The summed E-state index contributed by atoms with van der Waals surface area (Å²) < 4.78 is 6.89. The van der Waals surface area contributed by atoms with Crippen LogP contribution in [0, 0.1) is 0 Å². The van der Waals surface area contributed by atoms with Gasteiger partial charge in [-0.1, -0.05) is 0 Å². The normalized spacial score (nSPS) is 11.1. The van der Waals surface area contributed by atoms with E-state index in [-0.39, 0.29) is 0 Å². The number of rotatable bonds is 5. The number of pyridine rings is 2. The Hall–Kier alpha value is -2.47. The zero-order valence-corrected chi connectivity index (χ0v) is 11.9. The van der Waals surface area contributed by atoms with Gasteiger partial charge in [-0.15, -0.1) is 0 Å². The van der Waals surface area contributed by atoms with Gasteiger partial charge in [0.25, 0.3) is 0 Å². The monoisotopic (exact) mass is 283 g/mol. The maximum Gasteiger partial charge on any atom is 0.159 e. The molecule has 21 heavy (non-hydrogen) atoms. The Morgan fingerprint density at radius 1 is 1.24 bits per heavy atom. The molecule has 0 aliphatic heterocycles. The second-order valence-corrected chi connectivity index (χ2v) is 4.79. The van der Waals surface area contributed by atoms with E-state index in [4.69, 9.17) is 10.5 Å². The summed E-state index contributed by atoms with van der Waals surface area (Å²) in [5.74, 6) is 0.505. The molecule has 6 nitrogen and oxygen atoms in total. The lowest BCUT2D eigenvalue weighted by Gasteiger charge is -2.03. The highest BCUT2D eigenvalue weighted by atomic mass is 16.5. The first-order valence-corrected chi connectivity index (χ1v) is 6.81. The molecule has 0 aliphatic carbocycles. The number of aryl methyl sites for hydroxylation is 1. The third kappa shape index (κ3) is 2.71. The number of ether oxygens (including phenoxy) is 1. The van der Waals surface area contributed by atoms with E-state index in [1.54, 1.807) is 19.5 Å². The van der Waals surface area contributed by atoms with Crippen LogP contribution in [-0.2, 0) is 11.3 Å². The summed E-state index contributed by atoms with van der Waals surface area (Å²) in [5.41, 5.74) is 8.89. The fourth-order valence-electron chi connectivity index (χ4n) is 2.30. The maximum absolute atomic E-state index is 6.01. The molecule has 0 saturated carbocycles. The second kappa shape index (κ2) is 5.88. The first-order valence-electron chi connectivity index (χ1n) is 6.81. The minimum Gasteiger partial charge on any atom is -0.385 e. The molecule has 3 heterocycles. The number of nitrogens with zero attached hydrogens (tertiary/aromatic N) is 4. The number of nitrogen functional groups attached to an aromatic ring is 1. The molecule has 3 aromatic rings. The first kappa shape index (κ1) is 13.5. The number of nitrogens with two attached hydrogens (primary N) is 1. The molecule has 0 atom stereocenters. The minimum absolute atomic E-state index is 0.505. The van der Waals surface area contributed by atoms with Crippen LogP contribution in [0.25, 0.3) is 22.2 Å². The lowest BCUT2D eigenvalue weighted by atomic mass is 10.1. The van der Waals surface area contributed by atoms with E-state index < -0.39 is 0 Å². The van der Waals surface area contributed by atoms with E-state index in [2.05, 4.69) is 15.1 Å². The predicted octanol–water partition coefficient (Wildman–Crippen LogP) is 2.11. The highest BCUT2D eigenvalue weighted by molar-refractivity contribution is 5.89. The summed E-state index contributed by atoms with van der Waals surface area (Å²) in [5, 5.41) is 5.24. The Morgan fingerprint density at radius 2 is 2.05 bits per heavy atom. The molecule has 0 aliphatic rings. The van der Waals surface area contributed by atoms with Gasteiger partial charge in [-0.3, -0.25) is 4.98 Å². The molecule has 108 valence electrons. The van der Waals surface area contributed by atoms with E-state index >= 15 is 0 Å². The van der Waals surface area contributed by atoms with Crippen molar-refractivity contribution in [3.05, 3.63) is 36.8 Å². The molecule has 0 saturated heterocycles. The summed E-state index contributed by atoms with van der Waals surface area (Å²) in [6, 6.07) is 5.91. The molecule has 6 heteroatoms. The smallest absolute Gasteiger partial charge is 0.159 e. The summed E-state index contributed by atoms with van der Waals surface area (Å²) in [6.07, 6.45) is 6.24. The van der Waals surface area contributed by atoms with Gasteiger partial charge in [0, 0.05) is 44.4 Å². The Labute approximate surface area is 122 Å². The van der Waals surface area contributed by atoms with Crippen LogP contribution < -0.4 is 5.73 Å². The van der Waals surface area contributed by atoms with Crippen molar-refractivity contribution in [3.63, 3.8) is 0 Å². The fourth-order valence-corrected chi connectivity index (χ4v) is 2.30. The van der Waals surface area contributed by atoms with Gasteiger partial charge >= 0.3 is 0 Å². The molecular formula is C15H17N5O.